The third-order valence-electron chi connectivity index (χ3n) is 2.88. The van der Waals surface area contributed by atoms with Crippen LogP contribution in [0.2, 0.25) is 0 Å². The number of carboxylic acids is 1. The van der Waals surface area contributed by atoms with E-state index in [-0.39, 0.29) is 12.2 Å². The highest BCUT2D eigenvalue weighted by atomic mass is 19.3. The van der Waals surface area contributed by atoms with Gasteiger partial charge in [0.05, 0.1) is 0 Å². The van der Waals surface area contributed by atoms with E-state index in [2.05, 4.69) is 4.74 Å². The van der Waals surface area contributed by atoms with Crippen LogP contribution in [0.5, 0.6) is 5.75 Å². The van der Waals surface area contributed by atoms with Crippen molar-refractivity contribution >= 4 is 17.6 Å². The molecule has 1 aromatic rings. The Morgan fingerprint density at radius 1 is 1.37 bits per heavy atom. The number of rotatable bonds is 4. The van der Waals surface area contributed by atoms with E-state index in [1.807, 2.05) is 0 Å². The Bertz CT molecular complexity index is 489. The fraction of sp³-hybridized carbons (Fsp3) is 0.333. The summed E-state index contributed by atoms with van der Waals surface area (Å²) >= 11 is 0. The zero-order valence-corrected chi connectivity index (χ0v) is 9.75. The monoisotopic (exact) mass is 271 g/mol. The largest absolute Gasteiger partial charge is 0.481 e. The predicted octanol–water partition coefficient (Wildman–Crippen LogP) is 1.73. The lowest BCUT2D eigenvalue weighted by Crippen LogP contribution is -2.30. The summed E-state index contributed by atoms with van der Waals surface area (Å²) < 4.78 is 28.1. The second kappa shape index (κ2) is 5.21. The molecule has 1 fully saturated rings. The minimum Gasteiger partial charge on any atom is -0.481 e. The van der Waals surface area contributed by atoms with Gasteiger partial charge in [-0.2, -0.15) is 8.78 Å². The summed E-state index contributed by atoms with van der Waals surface area (Å²) in [6.45, 7) is -2.61. The van der Waals surface area contributed by atoms with E-state index in [1.54, 1.807) is 0 Å². The molecule has 1 aromatic carbocycles. The number of halogens is 2. The summed E-state index contributed by atoms with van der Waals surface area (Å²) in [5, 5.41) is 8.84. The minimum atomic E-state index is -2.91. The maximum atomic E-state index is 12.0. The van der Waals surface area contributed by atoms with E-state index >= 15 is 0 Å². The number of hydrogen-bond donors (Lipinski definition) is 1. The molecule has 1 amide bonds. The molecular weight excluding hydrogens is 260 g/mol. The molecule has 1 unspecified atom stereocenters. The maximum absolute atomic E-state index is 12.0. The molecule has 0 aliphatic carbocycles. The van der Waals surface area contributed by atoms with Gasteiger partial charge in [0.25, 0.3) is 0 Å². The molecule has 7 heteroatoms. The van der Waals surface area contributed by atoms with Crippen LogP contribution in [0, 0.1) is 5.92 Å². The van der Waals surface area contributed by atoms with Gasteiger partial charge in [0, 0.05) is 12.2 Å². The highest BCUT2D eigenvalue weighted by Crippen LogP contribution is 2.27. The Labute approximate surface area is 107 Å². The number of carbonyl (C=O) groups excluding carboxylic acids is 1. The van der Waals surface area contributed by atoms with E-state index < -0.39 is 24.4 Å². The first-order chi connectivity index (χ1) is 8.99. The van der Waals surface area contributed by atoms with Crippen LogP contribution < -0.4 is 9.64 Å². The molecule has 1 aliphatic rings. The fourth-order valence-corrected chi connectivity index (χ4v) is 1.97. The molecule has 5 nitrogen and oxygen atoms in total. The molecule has 1 heterocycles. The summed E-state index contributed by atoms with van der Waals surface area (Å²) in [7, 11) is 0. The number of benzene rings is 1. The quantitative estimate of drug-likeness (QED) is 0.847. The molecule has 0 bridgehead atoms. The number of carboxylic acid groups (broad SMARTS) is 1. The fourth-order valence-electron chi connectivity index (χ4n) is 1.97. The zero-order chi connectivity index (χ0) is 14.0. The molecule has 0 saturated carbocycles. The Hall–Kier alpha value is -2.18. The average Bonchev–Trinajstić information content (AvgIpc) is 2.71. The van der Waals surface area contributed by atoms with Crippen LogP contribution in [0.4, 0.5) is 14.5 Å². The normalized spacial score (nSPS) is 19.0. The molecule has 102 valence electrons. The predicted molar refractivity (Wildman–Crippen MR) is 61.2 cm³/mol. The smallest absolute Gasteiger partial charge is 0.387 e. The molecular formula is C12H11F2NO4. The highest BCUT2D eigenvalue weighted by molar-refractivity contribution is 6.07. The second-order valence-electron chi connectivity index (χ2n) is 4.04. The van der Waals surface area contributed by atoms with Gasteiger partial charge in [0.15, 0.2) is 0 Å². The number of carbonyl (C=O) groups is 2. The van der Waals surface area contributed by atoms with Crippen molar-refractivity contribution in [2.75, 3.05) is 11.4 Å². The summed E-state index contributed by atoms with van der Waals surface area (Å²) in [5.41, 5.74) is 0.468. The molecule has 1 saturated heterocycles. The summed E-state index contributed by atoms with van der Waals surface area (Å²) in [4.78, 5) is 23.9. The number of amides is 1. The average molecular weight is 271 g/mol. The van der Waals surface area contributed by atoms with Crippen molar-refractivity contribution in [3.63, 3.8) is 0 Å². The van der Waals surface area contributed by atoms with E-state index in [0.717, 1.165) is 0 Å². The Morgan fingerprint density at radius 3 is 2.47 bits per heavy atom. The van der Waals surface area contributed by atoms with Gasteiger partial charge in [-0.1, -0.05) is 0 Å². The van der Waals surface area contributed by atoms with Gasteiger partial charge in [-0.15, -0.1) is 0 Å². The van der Waals surface area contributed by atoms with Crippen LogP contribution in [-0.2, 0) is 9.59 Å². The Kier molecular flexibility index (Phi) is 3.64. The third-order valence-corrected chi connectivity index (χ3v) is 2.88. The number of hydrogen-bond acceptors (Lipinski definition) is 3. The van der Waals surface area contributed by atoms with Gasteiger partial charge >= 0.3 is 12.6 Å². The first-order valence-corrected chi connectivity index (χ1v) is 5.58. The van der Waals surface area contributed by atoms with Crippen LogP contribution in [0.15, 0.2) is 24.3 Å². The van der Waals surface area contributed by atoms with Gasteiger partial charge in [0.2, 0.25) is 5.91 Å². The van der Waals surface area contributed by atoms with E-state index in [9.17, 15) is 18.4 Å². The molecule has 0 aromatic heterocycles. The lowest BCUT2D eigenvalue weighted by atomic mass is 10.1. The molecule has 2 rings (SSSR count). The number of alkyl halides is 2. The van der Waals surface area contributed by atoms with Crippen molar-refractivity contribution in [3.8, 4) is 5.75 Å². The van der Waals surface area contributed by atoms with Crippen LogP contribution >= 0.6 is 0 Å². The van der Waals surface area contributed by atoms with Gasteiger partial charge in [-0.25, -0.2) is 0 Å². The van der Waals surface area contributed by atoms with E-state index in [1.165, 1.54) is 29.2 Å². The third kappa shape index (κ3) is 2.81. The summed E-state index contributed by atoms with van der Waals surface area (Å²) in [5.74, 6) is -2.68. The lowest BCUT2D eigenvalue weighted by molar-refractivity contribution is -0.144. The summed E-state index contributed by atoms with van der Waals surface area (Å²) in [6.07, 6.45) is 0.240. The van der Waals surface area contributed by atoms with Crippen molar-refractivity contribution < 1.29 is 28.2 Å². The van der Waals surface area contributed by atoms with Crippen LogP contribution in [-0.4, -0.2) is 30.1 Å². The van der Waals surface area contributed by atoms with Crippen LogP contribution in [0.1, 0.15) is 6.42 Å². The number of aliphatic carboxylic acids is 1. The first kappa shape index (κ1) is 13.3. The number of anilines is 1. The van der Waals surface area contributed by atoms with Gasteiger partial charge < -0.3 is 14.7 Å². The molecule has 0 radical (unpaired) electrons. The molecule has 1 atom stereocenters. The van der Waals surface area contributed by atoms with Crippen LogP contribution in [0.25, 0.3) is 0 Å². The Morgan fingerprint density at radius 2 is 2.00 bits per heavy atom. The van der Waals surface area contributed by atoms with Gasteiger partial charge in [-0.05, 0) is 30.7 Å². The minimum absolute atomic E-state index is 0.0137. The van der Waals surface area contributed by atoms with Gasteiger partial charge in [-0.3, -0.25) is 9.59 Å². The van der Waals surface area contributed by atoms with Crippen molar-refractivity contribution in [3.05, 3.63) is 24.3 Å². The number of ether oxygens (including phenoxy) is 1. The van der Waals surface area contributed by atoms with Crippen molar-refractivity contribution in [1.29, 1.82) is 0 Å². The first-order valence-electron chi connectivity index (χ1n) is 5.58. The molecule has 1 N–H and O–H groups in total. The van der Waals surface area contributed by atoms with E-state index in [4.69, 9.17) is 5.11 Å². The van der Waals surface area contributed by atoms with Crippen molar-refractivity contribution in [1.82, 2.24) is 0 Å². The zero-order valence-electron chi connectivity index (χ0n) is 9.75. The van der Waals surface area contributed by atoms with Gasteiger partial charge in [0.1, 0.15) is 11.7 Å². The maximum Gasteiger partial charge on any atom is 0.387 e. The molecule has 1 aliphatic heterocycles. The standard InChI is InChI=1S/C12H11F2NO4/c13-12(14)19-8-3-1-7(2-4-8)15-6-5-9(10(15)16)11(17)18/h1-4,9,12H,5-6H2,(H,17,18). The van der Waals surface area contributed by atoms with E-state index in [0.29, 0.717) is 12.2 Å². The van der Waals surface area contributed by atoms with Crippen LogP contribution in [0.3, 0.4) is 0 Å². The molecule has 19 heavy (non-hydrogen) atoms. The SMILES string of the molecule is O=C(O)C1CCN(c2ccc(OC(F)F)cc2)C1=O. The number of nitrogens with zero attached hydrogens (tertiary/aromatic N) is 1. The highest BCUT2D eigenvalue weighted by Gasteiger charge is 2.37. The second-order valence-corrected chi connectivity index (χ2v) is 4.04. The lowest BCUT2D eigenvalue weighted by Gasteiger charge is -2.16. The molecule has 0 spiro atoms. The van der Waals surface area contributed by atoms with Crippen molar-refractivity contribution in [2.45, 2.75) is 13.0 Å². The Balaban J connectivity index is 2.11. The van der Waals surface area contributed by atoms with Crippen molar-refractivity contribution in [2.24, 2.45) is 5.92 Å². The summed E-state index contributed by atoms with van der Waals surface area (Å²) in [6, 6.07) is 5.51. The topological polar surface area (TPSA) is 66.8 Å².